The summed E-state index contributed by atoms with van der Waals surface area (Å²) in [6.07, 6.45) is 10.3. The predicted molar refractivity (Wildman–Crippen MR) is 75.6 cm³/mol. The van der Waals surface area contributed by atoms with Crippen LogP contribution in [0.1, 0.15) is 65.2 Å². The fourth-order valence-corrected chi connectivity index (χ4v) is 1.59. The Hall–Kier alpha value is -0.640. The zero-order chi connectivity index (χ0) is 12.2. The van der Waals surface area contributed by atoms with E-state index in [1.807, 2.05) is 6.92 Å². The minimum atomic E-state index is 0.235. The first-order valence-electron chi connectivity index (χ1n) is 6.25. The number of hydrazone groups is 1. The summed E-state index contributed by atoms with van der Waals surface area (Å²) < 4.78 is 0. The predicted octanol–water partition coefficient (Wildman–Crippen LogP) is 3.34. The standard InChI is InChI=1S/C12H25N3S/c1-3-4-5-6-7-8-9-10-11(2)14-15-12(13)16/h3-10H2,1-2H3,(H3,13,15,16)/b14-11+. The molecular weight excluding hydrogens is 218 g/mol. The maximum Gasteiger partial charge on any atom is 0.184 e. The summed E-state index contributed by atoms with van der Waals surface area (Å²) in [6, 6.07) is 0. The normalized spacial score (nSPS) is 11.5. The summed E-state index contributed by atoms with van der Waals surface area (Å²) in [5, 5.41) is 4.31. The summed E-state index contributed by atoms with van der Waals surface area (Å²) >= 11 is 4.67. The zero-order valence-electron chi connectivity index (χ0n) is 10.6. The lowest BCUT2D eigenvalue weighted by atomic mass is 10.1. The molecule has 0 aromatic rings. The van der Waals surface area contributed by atoms with E-state index >= 15 is 0 Å². The molecule has 0 spiro atoms. The Morgan fingerprint density at radius 2 is 1.69 bits per heavy atom. The fourth-order valence-electron chi connectivity index (χ4n) is 1.54. The van der Waals surface area contributed by atoms with E-state index in [2.05, 4.69) is 29.7 Å². The Bertz CT molecular complexity index is 214. The summed E-state index contributed by atoms with van der Waals surface area (Å²) in [7, 11) is 0. The first-order valence-corrected chi connectivity index (χ1v) is 6.66. The summed E-state index contributed by atoms with van der Waals surface area (Å²) in [5.41, 5.74) is 8.96. The van der Waals surface area contributed by atoms with Crippen LogP contribution in [0.3, 0.4) is 0 Å². The van der Waals surface area contributed by atoms with Crippen LogP contribution in [0.4, 0.5) is 0 Å². The highest BCUT2D eigenvalue weighted by atomic mass is 32.1. The highest BCUT2D eigenvalue weighted by molar-refractivity contribution is 7.80. The molecule has 4 heteroatoms. The summed E-state index contributed by atoms with van der Waals surface area (Å²) in [5.74, 6) is 0. The van der Waals surface area contributed by atoms with Crippen LogP contribution in [0.2, 0.25) is 0 Å². The number of nitrogens with zero attached hydrogens (tertiary/aromatic N) is 1. The maximum atomic E-state index is 5.28. The van der Waals surface area contributed by atoms with Crippen LogP contribution in [0, 0.1) is 0 Å². The molecule has 0 amide bonds. The molecule has 0 aliphatic rings. The highest BCUT2D eigenvalue weighted by Crippen LogP contribution is 2.08. The number of thiocarbonyl (C=S) groups is 1. The van der Waals surface area contributed by atoms with Gasteiger partial charge < -0.3 is 5.73 Å². The number of nitrogens with one attached hydrogen (secondary N) is 1. The van der Waals surface area contributed by atoms with Crippen LogP contribution in [0.15, 0.2) is 5.10 Å². The molecule has 0 radical (unpaired) electrons. The number of rotatable bonds is 9. The van der Waals surface area contributed by atoms with E-state index in [9.17, 15) is 0 Å². The van der Waals surface area contributed by atoms with Gasteiger partial charge in [0.25, 0.3) is 0 Å². The maximum absolute atomic E-state index is 5.28. The Morgan fingerprint density at radius 1 is 1.12 bits per heavy atom. The summed E-state index contributed by atoms with van der Waals surface area (Å²) in [4.78, 5) is 0. The van der Waals surface area contributed by atoms with E-state index in [-0.39, 0.29) is 5.11 Å². The second-order valence-electron chi connectivity index (χ2n) is 4.19. The van der Waals surface area contributed by atoms with Crippen LogP contribution in [0.5, 0.6) is 0 Å². The van der Waals surface area contributed by atoms with E-state index in [1.54, 1.807) is 0 Å². The quantitative estimate of drug-likeness (QED) is 0.283. The molecule has 0 aliphatic heterocycles. The smallest absolute Gasteiger partial charge is 0.184 e. The van der Waals surface area contributed by atoms with Gasteiger partial charge in [0.1, 0.15) is 0 Å². The van der Waals surface area contributed by atoms with Gasteiger partial charge in [0.05, 0.1) is 0 Å². The van der Waals surface area contributed by atoms with Gasteiger partial charge in [0.15, 0.2) is 5.11 Å². The van der Waals surface area contributed by atoms with Gasteiger partial charge >= 0.3 is 0 Å². The van der Waals surface area contributed by atoms with Crippen molar-refractivity contribution in [1.29, 1.82) is 0 Å². The van der Waals surface area contributed by atoms with Crippen molar-refractivity contribution in [2.24, 2.45) is 10.8 Å². The number of unbranched alkanes of at least 4 members (excludes halogenated alkanes) is 6. The molecule has 3 N–H and O–H groups in total. The van der Waals surface area contributed by atoms with E-state index in [4.69, 9.17) is 5.73 Å². The van der Waals surface area contributed by atoms with Crippen molar-refractivity contribution >= 4 is 23.0 Å². The second kappa shape index (κ2) is 10.9. The molecule has 0 saturated carbocycles. The lowest BCUT2D eigenvalue weighted by Crippen LogP contribution is -2.25. The largest absolute Gasteiger partial charge is 0.375 e. The Kier molecular flexibility index (Phi) is 10.4. The molecule has 0 aromatic carbocycles. The molecule has 0 saturated heterocycles. The molecule has 0 rings (SSSR count). The Labute approximate surface area is 105 Å². The molecule has 0 atom stereocenters. The second-order valence-corrected chi connectivity index (χ2v) is 4.63. The molecule has 3 nitrogen and oxygen atoms in total. The average Bonchev–Trinajstić information content (AvgIpc) is 2.25. The van der Waals surface area contributed by atoms with Gasteiger partial charge in [-0.3, -0.25) is 5.43 Å². The van der Waals surface area contributed by atoms with E-state index in [1.165, 1.54) is 44.9 Å². The first-order chi connectivity index (χ1) is 7.66. The minimum absolute atomic E-state index is 0.235. The fraction of sp³-hybridized carbons (Fsp3) is 0.833. The molecule has 0 aliphatic carbocycles. The van der Waals surface area contributed by atoms with Crippen LogP contribution in [-0.2, 0) is 0 Å². The van der Waals surface area contributed by atoms with Gasteiger partial charge in [-0.1, -0.05) is 45.4 Å². The van der Waals surface area contributed by atoms with Crippen molar-refractivity contribution in [1.82, 2.24) is 5.43 Å². The Morgan fingerprint density at radius 3 is 2.25 bits per heavy atom. The van der Waals surface area contributed by atoms with Gasteiger partial charge in [-0.25, -0.2) is 0 Å². The van der Waals surface area contributed by atoms with Gasteiger partial charge in [-0.05, 0) is 32.0 Å². The monoisotopic (exact) mass is 243 g/mol. The van der Waals surface area contributed by atoms with Crippen molar-refractivity contribution < 1.29 is 0 Å². The average molecular weight is 243 g/mol. The SMILES string of the molecule is CCCCCCCCC/C(C)=N/NC(N)=S. The number of nitrogens with two attached hydrogens (primary N) is 1. The lowest BCUT2D eigenvalue weighted by Gasteiger charge is -2.02. The van der Waals surface area contributed by atoms with Gasteiger partial charge in [-0.15, -0.1) is 0 Å². The van der Waals surface area contributed by atoms with E-state index < -0.39 is 0 Å². The van der Waals surface area contributed by atoms with Crippen LogP contribution >= 0.6 is 12.2 Å². The number of hydrogen-bond donors (Lipinski definition) is 2. The molecule has 0 unspecified atom stereocenters. The van der Waals surface area contributed by atoms with Crippen LogP contribution in [-0.4, -0.2) is 10.8 Å². The first kappa shape index (κ1) is 15.4. The molecular formula is C12H25N3S. The van der Waals surface area contributed by atoms with Crippen molar-refractivity contribution in [3.63, 3.8) is 0 Å². The third-order valence-corrected chi connectivity index (χ3v) is 2.59. The molecule has 94 valence electrons. The van der Waals surface area contributed by atoms with Crippen molar-refractivity contribution in [2.45, 2.75) is 65.2 Å². The minimum Gasteiger partial charge on any atom is -0.375 e. The van der Waals surface area contributed by atoms with Crippen molar-refractivity contribution in [2.75, 3.05) is 0 Å². The van der Waals surface area contributed by atoms with Crippen molar-refractivity contribution in [3.05, 3.63) is 0 Å². The van der Waals surface area contributed by atoms with E-state index in [0.29, 0.717) is 0 Å². The lowest BCUT2D eigenvalue weighted by molar-refractivity contribution is 0.595. The third kappa shape index (κ3) is 11.4. The van der Waals surface area contributed by atoms with Gasteiger partial charge in [0, 0.05) is 5.71 Å². The van der Waals surface area contributed by atoms with Crippen molar-refractivity contribution in [3.8, 4) is 0 Å². The Balaban J connectivity index is 3.30. The molecule has 16 heavy (non-hydrogen) atoms. The number of hydrogen-bond acceptors (Lipinski definition) is 2. The molecule has 0 heterocycles. The van der Waals surface area contributed by atoms with Crippen LogP contribution in [0.25, 0.3) is 0 Å². The van der Waals surface area contributed by atoms with Crippen LogP contribution < -0.4 is 11.2 Å². The molecule has 0 fully saturated rings. The molecule has 0 bridgehead atoms. The highest BCUT2D eigenvalue weighted by Gasteiger charge is 1.94. The van der Waals surface area contributed by atoms with Gasteiger partial charge in [0.2, 0.25) is 0 Å². The van der Waals surface area contributed by atoms with Gasteiger partial charge in [-0.2, -0.15) is 5.10 Å². The van der Waals surface area contributed by atoms with E-state index in [0.717, 1.165) is 12.1 Å². The molecule has 0 aromatic heterocycles. The topological polar surface area (TPSA) is 50.4 Å². The third-order valence-electron chi connectivity index (χ3n) is 2.50. The summed E-state index contributed by atoms with van der Waals surface area (Å²) in [6.45, 7) is 4.25. The zero-order valence-corrected chi connectivity index (χ0v) is 11.4.